The molecule has 1 amide bonds. The van der Waals surface area contributed by atoms with Crippen LogP contribution in [-0.4, -0.2) is 48.7 Å². The van der Waals surface area contributed by atoms with Crippen LogP contribution in [0.25, 0.3) is 6.08 Å². The Hall–Kier alpha value is -1.66. The number of thiophene rings is 1. The van der Waals surface area contributed by atoms with Crippen LogP contribution in [0.1, 0.15) is 28.1 Å². The van der Waals surface area contributed by atoms with Crippen LogP contribution in [0.5, 0.6) is 0 Å². The van der Waals surface area contributed by atoms with Crippen LogP contribution < -0.4 is 0 Å². The van der Waals surface area contributed by atoms with Gasteiger partial charge >= 0.3 is 5.97 Å². The average Bonchev–Trinajstić information content (AvgIpc) is 2.94. The zero-order valence-electron chi connectivity index (χ0n) is 11.9. The number of carboxylic acid groups (broad SMARTS) is 1. The van der Waals surface area contributed by atoms with Gasteiger partial charge in [-0.15, -0.1) is 11.3 Å². The minimum atomic E-state index is -0.993. The van der Waals surface area contributed by atoms with Gasteiger partial charge in [0, 0.05) is 43.1 Å². The molecular formula is C15H19NO4S. The molecular weight excluding hydrogens is 290 g/mol. The summed E-state index contributed by atoms with van der Waals surface area (Å²) in [4.78, 5) is 25.3. The third-order valence-electron chi connectivity index (χ3n) is 3.48. The summed E-state index contributed by atoms with van der Waals surface area (Å²) in [6.07, 6.45) is 4.57. The molecule has 0 aliphatic carbocycles. The third-order valence-corrected chi connectivity index (χ3v) is 4.37. The van der Waals surface area contributed by atoms with E-state index in [4.69, 9.17) is 9.84 Å². The minimum Gasteiger partial charge on any atom is -0.478 e. The van der Waals surface area contributed by atoms with Gasteiger partial charge in [0.2, 0.25) is 0 Å². The van der Waals surface area contributed by atoms with Crippen molar-refractivity contribution in [3.63, 3.8) is 0 Å². The number of carbonyl (C=O) groups excluding carboxylic acids is 1. The van der Waals surface area contributed by atoms with E-state index in [0.29, 0.717) is 11.5 Å². The van der Waals surface area contributed by atoms with E-state index in [1.54, 1.807) is 16.3 Å². The van der Waals surface area contributed by atoms with Crippen molar-refractivity contribution in [1.29, 1.82) is 0 Å². The predicted molar refractivity (Wildman–Crippen MR) is 81.5 cm³/mol. The molecule has 1 N–H and O–H groups in total. The van der Waals surface area contributed by atoms with E-state index in [1.165, 1.54) is 17.4 Å². The van der Waals surface area contributed by atoms with Crippen molar-refractivity contribution in [2.75, 3.05) is 26.8 Å². The van der Waals surface area contributed by atoms with E-state index >= 15 is 0 Å². The fourth-order valence-corrected chi connectivity index (χ4v) is 3.10. The molecule has 0 bridgehead atoms. The van der Waals surface area contributed by atoms with Crippen LogP contribution in [0.3, 0.4) is 0 Å². The molecule has 1 aliphatic rings. The molecule has 0 spiro atoms. The molecule has 0 aromatic carbocycles. The van der Waals surface area contributed by atoms with Crippen molar-refractivity contribution in [3.05, 3.63) is 28.0 Å². The molecule has 1 aromatic rings. The molecule has 0 atom stereocenters. The summed E-state index contributed by atoms with van der Waals surface area (Å²) in [5.74, 6) is -0.515. The Labute approximate surface area is 127 Å². The molecule has 1 fully saturated rings. The second kappa shape index (κ2) is 7.38. The van der Waals surface area contributed by atoms with Crippen molar-refractivity contribution in [1.82, 2.24) is 4.90 Å². The molecule has 0 radical (unpaired) electrons. The van der Waals surface area contributed by atoms with E-state index in [0.717, 1.165) is 43.6 Å². The van der Waals surface area contributed by atoms with Crippen LogP contribution in [-0.2, 0) is 9.53 Å². The monoisotopic (exact) mass is 309 g/mol. The first-order valence-electron chi connectivity index (χ1n) is 6.89. The molecule has 1 saturated heterocycles. The summed E-state index contributed by atoms with van der Waals surface area (Å²) in [7, 11) is 1.81. The Balaban J connectivity index is 1.93. The van der Waals surface area contributed by atoms with Crippen LogP contribution in [0.2, 0.25) is 0 Å². The van der Waals surface area contributed by atoms with E-state index in [2.05, 4.69) is 0 Å². The standard InChI is InChI=1S/C15H19NO4S/c1-16(9-11-4-6-20-7-5-11)15(19)12-8-13(21-10-12)2-3-14(17)18/h2-3,8,10-11H,4-7,9H2,1H3,(H,17,18). The maximum Gasteiger partial charge on any atom is 0.328 e. The average molecular weight is 309 g/mol. The summed E-state index contributed by atoms with van der Waals surface area (Å²) in [5.41, 5.74) is 0.611. The number of amides is 1. The normalized spacial score (nSPS) is 16.2. The topological polar surface area (TPSA) is 66.8 Å². The zero-order chi connectivity index (χ0) is 15.2. The van der Waals surface area contributed by atoms with Gasteiger partial charge in [-0.3, -0.25) is 4.79 Å². The second-order valence-corrected chi connectivity index (χ2v) is 6.09. The van der Waals surface area contributed by atoms with Gasteiger partial charge in [-0.05, 0) is 30.9 Å². The first-order valence-corrected chi connectivity index (χ1v) is 7.77. The molecule has 2 rings (SSSR count). The number of nitrogens with zero attached hydrogens (tertiary/aromatic N) is 1. The lowest BCUT2D eigenvalue weighted by molar-refractivity contribution is -0.131. The summed E-state index contributed by atoms with van der Waals surface area (Å²) in [5, 5.41) is 10.4. The molecule has 1 aliphatic heterocycles. The van der Waals surface area contributed by atoms with Gasteiger partial charge < -0.3 is 14.7 Å². The Morgan fingerprint density at radius 2 is 2.19 bits per heavy atom. The fraction of sp³-hybridized carbons (Fsp3) is 0.467. The molecule has 2 heterocycles. The van der Waals surface area contributed by atoms with Gasteiger partial charge in [0.1, 0.15) is 0 Å². The number of ether oxygens (including phenoxy) is 1. The van der Waals surface area contributed by atoms with E-state index in [9.17, 15) is 9.59 Å². The Kier molecular flexibility index (Phi) is 5.52. The number of rotatable bonds is 5. The molecule has 0 saturated carbocycles. The van der Waals surface area contributed by atoms with E-state index in [1.807, 2.05) is 7.05 Å². The summed E-state index contributed by atoms with van der Waals surface area (Å²) < 4.78 is 5.32. The number of carbonyl (C=O) groups is 2. The lowest BCUT2D eigenvalue weighted by atomic mass is 10.00. The Morgan fingerprint density at radius 3 is 2.86 bits per heavy atom. The number of hydrogen-bond acceptors (Lipinski definition) is 4. The maximum atomic E-state index is 12.3. The highest BCUT2D eigenvalue weighted by Crippen LogP contribution is 2.20. The summed E-state index contributed by atoms with van der Waals surface area (Å²) >= 11 is 1.37. The Bertz CT molecular complexity index is 532. The molecule has 114 valence electrons. The quantitative estimate of drug-likeness (QED) is 0.848. The van der Waals surface area contributed by atoms with Crippen molar-refractivity contribution in [2.24, 2.45) is 5.92 Å². The molecule has 6 heteroatoms. The lowest BCUT2D eigenvalue weighted by Crippen LogP contribution is -2.33. The molecule has 5 nitrogen and oxygen atoms in total. The first-order chi connectivity index (χ1) is 10.1. The van der Waals surface area contributed by atoms with Crippen molar-refractivity contribution in [3.8, 4) is 0 Å². The smallest absolute Gasteiger partial charge is 0.328 e. The van der Waals surface area contributed by atoms with Crippen LogP contribution in [0.15, 0.2) is 17.5 Å². The number of hydrogen-bond donors (Lipinski definition) is 1. The van der Waals surface area contributed by atoms with Gasteiger partial charge in [-0.25, -0.2) is 4.79 Å². The number of aliphatic carboxylic acids is 1. The third kappa shape index (κ3) is 4.68. The predicted octanol–water partition coefficient (Wildman–Crippen LogP) is 2.34. The van der Waals surface area contributed by atoms with Gasteiger partial charge in [0.25, 0.3) is 5.91 Å². The van der Waals surface area contributed by atoms with Crippen molar-refractivity contribution >= 4 is 29.3 Å². The summed E-state index contributed by atoms with van der Waals surface area (Å²) in [6.45, 7) is 2.28. The second-order valence-electron chi connectivity index (χ2n) is 5.15. The first kappa shape index (κ1) is 15.7. The lowest BCUT2D eigenvalue weighted by Gasteiger charge is -2.27. The van der Waals surface area contributed by atoms with Gasteiger partial charge in [0.05, 0.1) is 5.56 Å². The SMILES string of the molecule is CN(CC1CCOCC1)C(=O)c1csc(C=CC(=O)O)c1. The van der Waals surface area contributed by atoms with Crippen molar-refractivity contribution < 1.29 is 19.4 Å². The van der Waals surface area contributed by atoms with Gasteiger partial charge in [-0.1, -0.05) is 0 Å². The van der Waals surface area contributed by atoms with E-state index in [-0.39, 0.29) is 5.91 Å². The summed E-state index contributed by atoms with van der Waals surface area (Å²) in [6, 6.07) is 1.73. The van der Waals surface area contributed by atoms with Crippen molar-refractivity contribution in [2.45, 2.75) is 12.8 Å². The van der Waals surface area contributed by atoms with Crippen LogP contribution in [0, 0.1) is 5.92 Å². The van der Waals surface area contributed by atoms with Crippen LogP contribution in [0.4, 0.5) is 0 Å². The molecule has 0 unspecified atom stereocenters. The van der Waals surface area contributed by atoms with Crippen LogP contribution >= 0.6 is 11.3 Å². The highest BCUT2D eigenvalue weighted by Gasteiger charge is 2.20. The minimum absolute atomic E-state index is 0.0206. The fourth-order valence-electron chi connectivity index (χ4n) is 2.33. The van der Waals surface area contributed by atoms with E-state index < -0.39 is 5.97 Å². The zero-order valence-corrected chi connectivity index (χ0v) is 12.8. The largest absolute Gasteiger partial charge is 0.478 e. The number of carboxylic acids is 1. The highest BCUT2D eigenvalue weighted by atomic mass is 32.1. The van der Waals surface area contributed by atoms with Gasteiger partial charge in [-0.2, -0.15) is 0 Å². The maximum absolute atomic E-state index is 12.3. The molecule has 21 heavy (non-hydrogen) atoms. The molecule has 1 aromatic heterocycles. The highest BCUT2D eigenvalue weighted by molar-refractivity contribution is 7.11. The Morgan fingerprint density at radius 1 is 1.48 bits per heavy atom. The van der Waals surface area contributed by atoms with Gasteiger partial charge in [0.15, 0.2) is 0 Å².